The normalized spacial score (nSPS) is 14.7. The van der Waals surface area contributed by atoms with E-state index in [0.717, 1.165) is 24.2 Å². The van der Waals surface area contributed by atoms with Crippen LogP contribution in [-0.4, -0.2) is 25.0 Å². The molecule has 0 spiro atoms. The van der Waals surface area contributed by atoms with Gasteiger partial charge in [-0.15, -0.1) is 22.7 Å². The van der Waals surface area contributed by atoms with Gasteiger partial charge in [0.2, 0.25) is 0 Å². The molecule has 1 aliphatic carbocycles. The Morgan fingerprint density at radius 1 is 0.966 bits per heavy atom. The number of esters is 1. The number of halogens is 6. The molecule has 0 saturated carbocycles. The summed E-state index contributed by atoms with van der Waals surface area (Å²) in [5.41, 5.74) is 0.0558. The zero-order valence-corrected chi connectivity index (χ0v) is 18.6. The molecule has 0 fully saturated rings. The van der Waals surface area contributed by atoms with E-state index in [4.69, 9.17) is 39.5 Å². The number of methoxy groups -OCH3 is 1. The number of hydrogen-bond donors (Lipinski definition) is 0. The standard InChI is InChI=1S/C18H12Cl3F3O3S2/c1-27-17(26)14-8-5-3-2-4-7(8)13(28-14)10(25)6-9(18(22,23)24)15-11(19)12(20)16(21)29-15/h6H,2-5H2,1H3. The van der Waals surface area contributed by atoms with Crippen molar-refractivity contribution in [1.82, 2.24) is 0 Å². The second-order valence-corrected chi connectivity index (χ2v) is 9.57. The van der Waals surface area contributed by atoms with Gasteiger partial charge in [-0.1, -0.05) is 34.8 Å². The molecule has 3 rings (SSSR count). The van der Waals surface area contributed by atoms with Crippen LogP contribution in [-0.2, 0) is 17.6 Å². The summed E-state index contributed by atoms with van der Waals surface area (Å²) in [5, 5.41) is -0.557. The molecule has 0 aliphatic heterocycles. The number of rotatable bonds is 4. The van der Waals surface area contributed by atoms with Crippen molar-refractivity contribution in [1.29, 1.82) is 0 Å². The fraction of sp³-hybridized carbons (Fsp3) is 0.333. The van der Waals surface area contributed by atoms with Crippen molar-refractivity contribution in [3.05, 3.63) is 46.2 Å². The lowest BCUT2D eigenvalue weighted by Crippen LogP contribution is -2.13. The van der Waals surface area contributed by atoms with E-state index in [1.807, 2.05) is 0 Å². The summed E-state index contributed by atoms with van der Waals surface area (Å²) in [5.74, 6) is -1.46. The molecule has 0 unspecified atom stereocenters. The first-order valence-electron chi connectivity index (χ1n) is 8.26. The summed E-state index contributed by atoms with van der Waals surface area (Å²) < 4.78 is 45.8. The maximum Gasteiger partial charge on any atom is 0.417 e. The molecule has 0 atom stereocenters. The smallest absolute Gasteiger partial charge is 0.417 e. The highest BCUT2D eigenvalue weighted by atomic mass is 35.5. The SMILES string of the molecule is COC(=O)c1sc(C(=O)C=C(c2sc(Cl)c(Cl)c2Cl)C(F)(F)F)c2c1CCCC2. The first kappa shape index (κ1) is 22.6. The molecular weight excluding hydrogens is 492 g/mol. The van der Waals surface area contributed by atoms with Crippen LogP contribution in [0.5, 0.6) is 0 Å². The largest absolute Gasteiger partial charge is 0.465 e. The number of carbonyl (C=O) groups is 2. The Morgan fingerprint density at radius 2 is 1.55 bits per heavy atom. The molecule has 3 nitrogen and oxygen atoms in total. The minimum atomic E-state index is -4.86. The molecule has 2 aromatic rings. The maximum atomic E-state index is 13.7. The third-order valence-corrected chi connectivity index (χ3v) is 8.27. The van der Waals surface area contributed by atoms with Crippen molar-refractivity contribution < 1.29 is 27.5 Å². The molecule has 0 bridgehead atoms. The van der Waals surface area contributed by atoms with Crippen LogP contribution in [0.25, 0.3) is 5.57 Å². The Balaban J connectivity index is 2.13. The Morgan fingerprint density at radius 3 is 2.03 bits per heavy atom. The predicted octanol–water partition coefficient (Wildman–Crippen LogP) is 7.26. The van der Waals surface area contributed by atoms with E-state index in [-0.39, 0.29) is 24.1 Å². The summed E-state index contributed by atoms with van der Waals surface area (Å²) in [6.07, 6.45) is -1.68. The highest BCUT2D eigenvalue weighted by Crippen LogP contribution is 2.48. The summed E-state index contributed by atoms with van der Waals surface area (Å²) in [7, 11) is 1.21. The highest BCUT2D eigenvalue weighted by Gasteiger charge is 2.39. The van der Waals surface area contributed by atoms with Gasteiger partial charge in [-0.2, -0.15) is 13.2 Å². The van der Waals surface area contributed by atoms with Crippen LogP contribution < -0.4 is 0 Å². The molecule has 0 aromatic carbocycles. The second-order valence-electron chi connectivity index (χ2n) is 6.17. The van der Waals surface area contributed by atoms with Gasteiger partial charge in [-0.25, -0.2) is 4.79 Å². The van der Waals surface area contributed by atoms with Crippen molar-refractivity contribution >= 4 is 74.8 Å². The number of carbonyl (C=O) groups excluding carboxylic acids is 2. The first-order chi connectivity index (χ1) is 13.6. The minimum absolute atomic E-state index is 0.101. The molecule has 0 N–H and O–H groups in total. The van der Waals surface area contributed by atoms with E-state index in [9.17, 15) is 22.8 Å². The quantitative estimate of drug-likeness (QED) is 0.250. The lowest BCUT2D eigenvalue weighted by atomic mass is 9.91. The van der Waals surface area contributed by atoms with Crippen molar-refractivity contribution in [3.8, 4) is 0 Å². The second kappa shape index (κ2) is 8.59. The van der Waals surface area contributed by atoms with E-state index in [1.165, 1.54) is 7.11 Å². The molecular formula is C18H12Cl3F3O3S2. The first-order valence-corrected chi connectivity index (χ1v) is 11.0. The fourth-order valence-electron chi connectivity index (χ4n) is 3.10. The van der Waals surface area contributed by atoms with Crippen molar-refractivity contribution in [2.45, 2.75) is 31.9 Å². The maximum absolute atomic E-state index is 13.7. The summed E-state index contributed by atoms with van der Waals surface area (Å²) >= 11 is 18.9. The van der Waals surface area contributed by atoms with Gasteiger partial charge >= 0.3 is 12.1 Å². The fourth-order valence-corrected chi connectivity index (χ4v) is 6.18. The Kier molecular flexibility index (Phi) is 6.70. The monoisotopic (exact) mass is 502 g/mol. The number of hydrogen-bond acceptors (Lipinski definition) is 5. The number of ketones is 1. The van der Waals surface area contributed by atoms with Crippen molar-refractivity contribution in [3.63, 3.8) is 0 Å². The van der Waals surface area contributed by atoms with Crippen LogP contribution in [0.3, 0.4) is 0 Å². The lowest BCUT2D eigenvalue weighted by Gasteiger charge is -2.14. The number of allylic oxidation sites excluding steroid dienone is 2. The van der Waals surface area contributed by atoms with Gasteiger partial charge in [0.15, 0.2) is 5.78 Å². The summed E-state index contributed by atoms with van der Waals surface area (Å²) in [6.45, 7) is 0. The molecule has 1 aliphatic rings. The van der Waals surface area contributed by atoms with Crippen molar-refractivity contribution in [2.24, 2.45) is 0 Å². The van der Waals surface area contributed by atoms with E-state index >= 15 is 0 Å². The Hall–Kier alpha value is -1.06. The molecule has 0 saturated heterocycles. The summed E-state index contributed by atoms with van der Waals surface area (Å²) in [6, 6.07) is 0. The van der Waals surface area contributed by atoms with Gasteiger partial charge < -0.3 is 4.74 Å². The highest BCUT2D eigenvalue weighted by molar-refractivity contribution is 7.18. The average molecular weight is 504 g/mol. The van der Waals surface area contributed by atoms with Crippen molar-refractivity contribution in [2.75, 3.05) is 7.11 Å². The van der Waals surface area contributed by atoms with Crippen LogP contribution >= 0.6 is 57.5 Å². The van der Waals surface area contributed by atoms with Crippen LogP contribution in [0.4, 0.5) is 13.2 Å². The van der Waals surface area contributed by atoms with Crippen LogP contribution in [0, 0.1) is 0 Å². The number of alkyl halides is 3. The molecule has 156 valence electrons. The Labute approximate surface area is 187 Å². The third kappa shape index (κ3) is 4.37. The van der Waals surface area contributed by atoms with Crippen LogP contribution in [0.2, 0.25) is 14.4 Å². The van der Waals surface area contributed by atoms with Gasteiger partial charge in [0, 0.05) is 6.08 Å². The van der Waals surface area contributed by atoms with Gasteiger partial charge in [0.1, 0.15) is 9.21 Å². The van der Waals surface area contributed by atoms with Crippen LogP contribution in [0.1, 0.15) is 48.2 Å². The zero-order valence-electron chi connectivity index (χ0n) is 14.7. The number of ether oxygens (including phenoxy) is 1. The zero-order chi connectivity index (χ0) is 21.5. The van der Waals surface area contributed by atoms with Crippen LogP contribution in [0.15, 0.2) is 6.08 Å². The van der Waals surface area contributed by atoms with E-state index in [1.54, 1.807) is 0 Å². The van der Waals surface area contributed by atoms with E-state index in [2.05, 4.69) is 0 Å². The van der Waals surface area contributed by atoms with Gasteiger partial charge in [0.05, 0.1) is 32.5 Å². The average Bonchev–Trinajstić information content (AvgIpc) is 3.18. The number of thiophene rings is 2. The molecule has 29 heavy (non-hydrogen) atoms. The predicted molar refractivity (Wildman–Crippen MR) is 110 cm³/mol. The topological polar surface area (TPSA) is 43.4 Å². The molecule has 0 radical (unpaired) electrons. The minimum Gasteiger partial charge on any atom is -0.465 e. The molecule has 2 aromatic heterocycles. The number of fused-ring (bicyclic) bond motifs is 1. The van der Waals surface area contributed by atoms with E-state index < -0.39 is 28.4 Å². The Bertz CT molecular complexity index is 1020. The van der Waals surface area contributed by atoms with E-state index in [0.29, 0.717) is 41.4 Å². The lowest BCUT2D eigenvalue weighted by molar-refractivity contribution is -0.0687. The van der Waals surface area contributed by atoms with Gasteiger partial charge in [-0.05, 0) is 36.8 Å². The van der Waals surface area contributed by atoms with Gasteiger partial charge in [-0.3, -0.25) is 4.79 Å². The third-order valence-electron chi connectivity index (χ3n) is 4.40. The molecule has 11 heteroatoms. The summed E-state index contributed by atoms with van der Waals surface area (Å²) in [4.78, 5) is 24.8. The van der Waals surface area contributed by atoms with Gasteiger partial charge in [0.25, 0.3) is 0 Å². The molecule has 2 heterocycles. The molecule has 0 amide bonds.